The molecule has 0 saturated heterocycles. The number of nitro benzene ring substituents is 1. The van der Waals surface area contributed by atoms with E-state index in [1.54, 1.807) is 19.2 Å². The van der Waals surface area contributed by atoms with Gasteiger partial charge in [-0.15, -0.1) is 0 Å². The van der Waals surface area contributed by atoms with E-state index in [9.17, 15) is 10.1 Å². The highest BCUT2D eigenvalue weighted by molar-refractivity contribution is 5.48. The summed E-state index contributed by atoms with van der Waals surface area (Å²) in [6, 6.07) is 12.9. The molecule has 0 atom stereocenters. The molecule has 0 aliphatic heterocycles. The van der Waals surface area contributed by atoms with Gasteiger partial charge < -0.3 is 14.8 Å². The van der Waals surface area contributed by atoms with Crippen LogP contribution >= 0.6 is 0 Å². The summed E-state index contributed by atoms with van der Waals surface area (Å²) in [7, 11) is 3.07. The molecular weight excluding hydrogens is 296 g/mol. The van der Waals surface area contributed by atoms with Crippen LogP contribution < -0.4 is 14.8 Å². The highest BCUT2D eigenvalue weighted by Crippen LogP contribution is 2.27. The fraction of sp³-hybridized carbons (Fsp3) is 0.294. The molecule has 6 nitrogen and oxygen atoms in total. The quantitative estimate of drug-likeness (QED) is 0.460. The van der Waals surface area contributed by atoms with Gasteiger partial charge in [-0.3, -0.25) is 10.1 Å². The first-order valence-corrected chi connectivity index (χ1v) is 7.29. The summed E-state index contributed by atoms with van der Waals surface area (Å²) < 4.78 is 10.1. The van der Waals surface area contributed by atoms with Crippen molar-refractivity contribution < 1.29 is 14.4 Å². The van der Waals surface area contributed by atoms with E-state index in [1.807, 2.05) is 30.3 Å². The average molecular weight is 316 g/mol. The van der Waals surface area contributed by atoms with Crippen LogP contribution in [0.1, 0.15) is 11.1 Å². The van der Waals surface area contributed by atoms with E-state index in [0.717, 1.165) is 24.3 Å². The molecule has 0 fully saturated rings. The lowest BCUT2D eigenvalue weighted by atomic mass is 10.1. The van der Waals surface area contributed by atoms with Crippen LogP contribution in [0.5, 0.6) is 11.5 Å². The maximum Gasteiger partial charge on any atom is 0.311 e. The number of benzene rings is 2. The first-order valence-electron chi connectivity index (χ1n) is 7.29. The Bertz CT molecular complexity index is 656. The second kappa shape index (κ2) is 8.14. The minimum Gasteiger partial charge on any atom is -0.497 e. The van der Waals surface area contributed by atoms with Gasteiger partial charge in [0.25, 0.3) is 0 Å². The zero-order chi connectivity index (χ0) is 16.7. The van der Waals surface area contributed by atoms with E-state index < -0.39 is 4.92 Å². The number of methoxy groups -OCH3 is 2. The van der Waals surface area contributed by atoms with Crippen molar-refractivity contribution in [3.63, 3.8) is 0 Å². The number of hydrogen-bond acceptors (Lipinski definition) is 5. The fourth-order valence-corrected chi connectivity index (χ4v) is 2.25. The molecule has 122 valence electrons. The van der Waals surface area contributed by atoms with Crippen LogP contribution in [0.2, 0.25) is 0 Å². The number of rotatable bonds is 8. The molecule has 0 aliphatic rings. The molecule has 1 N–H and O–H groups in total. The molecule has 0 amide bonds. The van der Waals surface area contributed by atoms with Gasteiger partial charge in [0.05, 0.1) is 19.1 Å². The van der Waals surface area contributed by atoms with Gasteiger partial charge in [-0.2, -0.15) is 0 Å². The molecular formula is C17H20N2O4. The summed E-state index contributed by atoms with van der Waals surface area (Å²) in [6.45, 7) is 1.35. The smallest absolute Gasteiger partial charge is 0.311 e. The maximum atomic E-state index is 11.0. The van der Waals surface area contributed by atoms with Crippen LogP contribution in [-0.4, -0.2) is 25.7 Å². The van der Waals surface area contributed by atoms with Gasteiger partial charge in [-0.25, -0.2) is 0 Å². The van der Waals surface area contributed by atoms with E-state index >= 15 is 0 Å². The first kappa shape index (κ1) is 16.8. The van der Waals surface area contributed by atoms with Crippen molar-refractivity contribution in [2.24, 2.45) is 0 Å². The zero-order valence-electron chi connectivity index (χ0n) is 13.2. The van der Waals surface area contributed by atoms with Crippen LogP contribution in [0, 0.1) is 10.1 Å². The van der Waals surface area contributed by atoms with Crippen molar-refractivity contribution in [2.75, 3.05) is 20.8 Å². The Morgan fingerprint density at radius 1 is 1.04 bits per heavy atom. The Morgan fingerprint density at radius 2 is 1.74 bits per heavy atom. The summed E-state index contributed by atoms with van der Waals surface area (Å²) in [6.07, 6.45) is 0.877. The van der Waals surface area contributed by atoms with Crippen molar-refractivity contribution in [3.05, 3.63) is 63.7 Å². The van der Waals surface area contributed by atoms with Crippen molar-refractivity contribution in [2.45, 2.75) is 13.0 Å². The zero-order valence-corrected chi connectivity index (χ0v) is 13.2. The number of hydrogen-bond donors (Lipinski definition) is 1. The highest BCUT2D eigenvalue weighted by Gasteiger charge is 2.14. The molecule has 0 saturated carbocycles. The highest BCUT2D eigenvalue weighted by atomic mass is 16.6. The predicted octanol–water partition coefficient (Wildman–Crippen LogP) is 2.94. The topological polar surface area (TPSA) is 73.6 Å². The SMILES string of the molecule is COc1ccc(CCNCc2ccc(OC)c([N+](=O)[O-])c2)cc1. The molecule has 0 radical (unpaired) electrons. The molecule has 0 bridgehead atoms. The van der Waals surface area contributed by atoms with Gasteiger partial charge >= 0.3 is 5.69 Å². The van der Waals surface area contributed by atoms with Gasteiger partial charge in [0.1, 0.15) is 5.75 Å². The lowest BCUT2D eigenvalue weighted by molar-refractivity contribution is -0.385. The van der Waals surface area contributed by atoms with E-state index in [4.69, 9.17) is 9.47 Å². The third-order valence-corrected chi connectivity index (χ3v) is 3.52. The van der Waals surface area contributed by atoms with Gasteiger partial charge in [0.2, 0.25) is 0 Å². The predicted molar refractivity (Wildman–Crippen MR) is 88.1 cm³/mol. The largest absolute Gasteiger partial charge is 0.497 e. The molecule has 0 aliphatic carbocycles. The third-order valence-electron chi connectivity index (χ3n) is 3.52. The minimum atomic E-state index is -0.431. The molecule has 2 aromatic carbocycles. The number of nitrogens with zero attached hydrogens (tertiary/aromatic N) is 1. The number of nitrogens with one attached hydrogen (secondary N) is 1. The maximum absolute atomic E-state index is 11.0. The van der Waals surface area contributed by atoms with Crippen LogP contribution in [-0.2, 0) is 13.0 Å². The molecule has 2 rings (SSSR count). The van der Waals surface area contributed by atoms with Crippen LogP contribution in [0.15, 0.2) is 42.5 Å². The molecule has 0 aromatic heterocycles. The van der Waals surface area contributed by atoms with Gasteiger partial charge in [0, 0.05) is 12.6 Å². The van der Waals surface area contributed by atoms with Crippen molar-refractivity contribution in [3.8, 4) is 11.5 Å². The minimum absolute atomic E-state index is 0.0121. The third kappa shape index (κ3) is 4.69. The number of ether oxygens (including phenoxy) is 2. The van der Waals surface area contributed by atoms with E-state index in [0.29, 0.717) is 6.54 Å². The van der Waals surface area contributed by atoms with Crippen molar-refractivity contribution >= 4 is 5.69 Å². The lowest BCUT2D eigenvalue weighted by Crippen LogP contribution is -2.16. The van der Waals surface area contributed by atoms with Gasteiger partial charge in [0.15, 0.2) is 5.75 Å². The van der Waals surface area contributed by atoms with E-state index in [-0.39, 0.29) is 11.4 Å². The molecule has 23 heavy (non-hydrogen) atoms. The normalized spacial score (nSPS) is 10.3. The van der Waals surface area contributed by atoms with Crippen LogP contribution in [0.25, 0.3) is 0 Å². The molecule has 0 unspecified atom stereocenters. The molecule has 6 heteroatoms. The Labute approximate surface area is 135 Å². The summed E-state index contributed by atoms with van der Waals surface area (Å²) in [5.74, 6) is 1.12. The Morgan fingerprint density at radius 3 is 2.35 bits per heavy atom. The summed E-state index contributed by atoms with van der Waals surface area (Å²) in [5.41, 5.74) is 2.05. The Hall–Kier alpha value is -2.60. The Balaban J connectivity index is 1.86. The first-order chi connectivity index (χ1) is 11.1. The summed E-state index contributed by atoms with van der Waals surface area (Å²) in [5, 5.41) is 14.3. The summed E-state index contributed by atoms with van der Waals surface area (Å²) >= 11 is 0. The van der Waals surface area contributed by atoms with Crippen LogP contribution in [0.4, 0.5) is 5.69 Å². The monoisotopic (exact) mass is 316 g/mol. The summed E-state index contributed by atoms with van der Waals surface area (Å²) in [4.78, 5) is 10.6. The molecule has 2 aromatic rings. The van der Waals surface area contributed by atoms with Gasteiger partial charge in [-0.05, 0) is 42.3 Å². The van der Waals surface area contributed by atoms with Crippen molar-refractivity contribution in [1.29, 1.82) is 0 Å². The van der Waals surface area contributed by atoms with Crippen molar-refractivity contribution in [1.82, 2.24) is 5.32 Å². The van der Waals surface area contributed by atoms with E-state index in [1.165, 1.54) is 12.7 Å². The Kier molecular flexibility index (Phi) is 5.94. The van der Waals surface area contributed by atoms with Crippen LogP contribution in [0.3, 0.4) is 0 Å². The fourth-order valence-electron chi connectivity index (χ4n) is 2.25. The second-order valence-electron chi connectivity index (χ2n) is 5.04. The molecule has 0 heterocycles. The average Bonchev–Trinajstić information content (AvgIpc) is 2.59. The number of nitro groups is 1. The second-order valence-corrected chi connectivity index (χ2v) is 5.04. The van der Waals surface area contributed by atoms with Gasteiger partial charge in [-0.1, -0.05) is 18.2 Å². The van der Waals surface area contributed by atoms with E-state index in [2.05, 4.69) is 5.32 Å². The molecule has 0 spiro atoms. The standard InChI is InChI=1S/C17H20N2O4/c1-22-15-6-3-13(4-7-15)9-10-18-12-14-5-8-17(23-2)16(11-14)19(20)21/h3-8,11,18H,9-10,12H2,1-2H3. The lowest BCUT2D eigenvalue weighted by Gasteiger charge is -2.07.